The highest BCUT2D eigenvalue weighted by Gasteiger charge is 2.16. The van der Waals surface area contributed by atoms with Gasteiger partial charge >= 0.3 is 7.12 Å². The highest BCUT2D eigenvalue weighted by molar-refractivity contribution is 6.58. The zero-order chi connectivity index (χ0) is 15.7. The summed E-state index contributed by atoms with van der Waals surface area (Å²) in [6, 6.07) is 10.3. The Kier molecular flexibility index (Phi) is 3.66. The monoisotopic (exact) mass is 295 g/mol. The second-order valence-corrected chi connectivity index (χ2v) is 4.97. The Bertz CT molecular complexity index is 845. The molecule has 0 aliphatic carbocycles. The molecule has 7 heteroatoms. The van der Waals surface area contributed by atoms with Crippen molar-refractivity contribution in [1.82, 2.24) is 9.38 Å². The Labute approximate surface area is 127 Å². The first-order valence-electron chi connectivity index (χ1n) is 6.76. The molecule has 0 saturated heterocycles. The van der Waals surface area contributed by atoms with E-state index in [1.807, 2.05) is 25.1 Å². The summed E-state index contributed by atoms with van der Waals surface area (Å²) in [7, 11) is -1.58. The summed E-state index contributed by atoms with van der Waals surface area (Å²) < 4.78 is 1.69. The molecule has 0 bridgehead atoms. The molecule has 6 nitrogen and oxygen atoms in total. The summed E-state index contributed by atoms with van der Waals surface area (Å²) in [5.41, 5.74) is 2.76. The van der Waals surface area contributed by atoms with Crippen LogP contribution in [-0.4, -0.2) is 32.5 Å². The average molecular weight is 295 g/mol. The van der Waals surface area contributed by atoms with Gasteiger partial charge in [0.05, 0.1) is 6.20 Å². The molecular weight excluding hydrogens is 281 g/mol. The molecule has 2 aromatic heterocycles. The first-order valence-corrected chi connectivity index (χ1v) is 6.76. The maximum Gasteiger partial charge on any atom is 0.488 e. The van der Waals surface area contributed by atoms with Crippen molar-refractivity contribution in [3.05, 3.63) is 60.0 Å². The fraction of sp³-hybridized carbons (Fsp3) is 0.0667. The van der Waals surface area contributed by atoms with Gasteiger partial charge in [-0.15, -0.1) is 0 Å². The molecule has 0 unspecified atom stereocenters. The van der Waals surface area contributed by atoms with Crippen molar-refractivity contribution >= 4 is 29.8 Å². The Morgan fingerprint density at radius 3 is 2.86 bits per heavy atom. The number of carbonyl (C=O) groups is 1. The van der Waals surface area contributed by atoms with Gasteiger partial charge in [-0.1, -0.05) is 18.2 Å². The van der Waals surface area contributed by atoms with E-state index in [1.165, 1.54) is 6.20 Å². The van der Waals surface area contributed by atoms with Crippen LogP contribution in [0.3, 0.4) is 0 Å². The Balaban J connectivity index is 1.93. The molecule has 3 aromatic rings. The number of fused-ring (bicyclic) bond motifs is 1. The fourth-order valence-electron chi connectivity index (χ4n) is 2.22. The lowest BCUT2D eigenvalue weighted by atomic mass is 9.79. The van der Waals surface area contributed by atoms with E-state index in [0.29, 0.717) is 22.5 Å². The average Bonchev–Trinajstić information content (AvgIpc) is 2.93. The van der Waals surface area contributed by atoms with Gasteiger partial charge in [0, 0.05) is 11.9 Å². The van der Waals surface area contributed by atoms with Crippen molar-refractivity contribution in [2.45, 2.75) is 6.92 Å². The molecule has 2 heterocycles. The molecule has 3 N–H and O–H groups in total. The standard InChI is InChI=1S/C15H14BN3O3/c1-10-5-6-11(16(21)22)8-12(10)18-15(20)13-9-17-14-4-2-3-7-19(13)14/h2-9,21-22H,1H3,(H,18,20). The largest absolute Gasteiger partial charge is 0.488 e. The highest BCUT2D eigenvalue weighted by Crippen LogP contribution is 2.15. The van der Waals surface area contributed by atoms with E-state index >= 15 is 0 Å². The van der Waals surface area contributed by atoms with E-state index in [4.69, 9.17) is 0 Å². The number of rotatable bonds is 3. The molecule has 0 fully saturated rings. The van der Waals surface area contributed by atoms with Gasteiger partial charge in [0.1, 0.15) is 11.3 Å². The van der Waals surface area contributed by atoms with Gasteiger partial charge in [-0.05, 0) is 36.1 Å². The van der Waals surface area contributed by atoms with Crippen molar-refractivity contribution in [2.75, 3.05) is 5.32 Å². The predicted octanol–water partition coefficient (Wildman–Crippen LogP) is 0.575. The molecule has 1 aromatic carbocycles. The van der Waals surface area contributed by atoms with Crippen LogP contribution in [0.1, 0.15) is 16.1 Å². The predicted molar refractivity (Wildman–Crippen MR) is 84.1 cm³/mol. The summed E-state index contributed by atoms with van der Waals surface area (Å²) >= 11 is 0. The minimum absolute atomic E-state index is 0.314. The number of nitrogens with one attached hydrogen (secondary N) is 1. The third-order valence-electron chi connectivity index (χ3n) is 3.46. The first kappa shape index (κ1) is 14.3. The van der Waals surface area contributed by atoms with Crippen LogP contribution in [0.2, 0.25) is 0 Å². The van der Waals surface area contributed by atoms with E-state index < -0.39 is 7.12 Å². The van der Waals surface area contributed by atoms with Gasteiger partial charge in [-0.25, -0.2) is 4.98 Å². The van der Waals surface area contributed by atoms with Gasteiger partial charge in [0.25, 0.3) is 5.91 Å². The van der Waals surface area contributed by atoms with Gasteiger partial charge in [-0.2, -0.15) is 0 Å². The number of benzene rings is 1. The lowest BCUT2D eigenvalue weighted by Gasteiger charge is -2.10. The Hall–Kier alpha value is -2.64. The normalized spacial score (nSPS) is 10.7. The van der Waals surface area contributed by atoms with Gasteiger partial charge < -0.3 is 15.4 Å². The molecule has 0 saturated carbocycles. The quantitative estimate of drug-likeness (QED) is 0.617. The second kappa shape index (κ2) is 5.63. The summed E-state index contributed by atoms with van der Waals surface area (Å²) in [6.45, 7) is 1.83. The maximum absolute atomic E-state index is 12.4. The molecular formula is C15H14BN3O3. The van der Waals surface area contributed by atoms with E-state index in [1.54, 1.807) is 28.8 Å². The molecule has 0 radical (unpaired) electrons. The minimum Gasteiger partial charge on any atom is -0.423 e. The number of aromatic nitrogens is 2. The van der Waals surface area contributed by atoms with Crippen LogP contribution in [0.15, 0.2) is 48.8 Å². The molecule has 1 amide bonds. The minimum atomic E-state index is -1.58. The van der Waals surface area contributed by atoms with Crippen molar-refractivity contribution in [3.63, 3.8) is 0 Å². The van der Waals surface area contributed by atoms with Crippen molar-refractivity contribution in [2.24, 2.45) is 0 Å². The summed E-state index contributed by atoms with van der Waals surface area (Å²) in [5.74, 6) is -0.314. The van der Waals surface area contributed by atoms with Crippen LogP contribution >= 0.6 is 0 Å². The molecule has 0 atom stereocenters. The smallest absolute Gasteiger partial charge is 0.423 e. The number of amides is 1. The maximum atomic E-state index is 12.4. The van der Waals surface area contributed by atoms with Crippen molar-refractivity contribution in [3.8, 4) is 0 Å². The lowest BCUT2D eigenvalue weighted by molar-refractivity contribution is 0.102. The van der Waals surface area contributed by atoms with Crippen LogP contribution in [0.25, 0.3) is 5.65 Å². The fourth-order valence-corrected chi connectivity index (χ4v) is 2.22. The zero-order valence-electron chi connectivity index (χ0n) is 11.9. The van der Waals surface area contributed by atoms with Gasteiger partial charge in [0.2, 0.25) is 0 Å². The third kappa shape index (κ3) is 2.59. The number of aryl methyl sites for hydroxylation is 1. The van der Waals surface area contributed by atoms with E-state index in [0.717, 1.165) is 5.56 Å². The molecule has 3 rings (SSSR count). The summed E-state index contributed by atoms with van der Waals surface area (Å²) in [6.07, 6.45) is 3.27. The number of hydrogen-bond acceptors (Lipinski definition) is 4. The van der Waals surface area contributed by atoms with Crippen LogP contribution in [-0.2, 0) is 0 Å². The molecule has 0 aliphatic heterocycles. The van der Waals surface area contributed by atoms with Crippen molar-refractivity contribution in [1.29, 1.82) is 0 Å². The number of hydrogen-bond donors (Lipinski definition) is 3. The second-order valence-electron chi connectivity index (χ2n) is 4.97. The molecule has 22 heavy (non-hydrogen) atoms. The van der Waals surface area contributed by atoms with E-state index in [9.17, 15) is 14.8 Å². The number of pyridine rings is 1. The van der Waals surface area contributed by atoms with Gasteiger partial charge in [-0.3, -0.25) is 9.20 Å². The molecule has 110 valence electrons. The number of nitrogens with zero attached hydrogens (tertiary/aromatic N) is 2. The zero-order valence-corrected chi connectivity index (χ0v) is 11.9. The summed E-state index contributed by atoms with van der Waals surface area (Å²) in [4.78, 5) is 16.6. The lowest BCUT2D eigenvalue weighted by Crippen LogP contribution is -2.30. The number of anilines is 1. The summed E-state index contributed by atoms with van der Waals surface area (Å²) in [5, 5.41) is 21.2. The number of carbonyl (C=O) groups excluding carboxylic acids is 1. The first-order chi connectivity index (χ1) is 10.6. The Morgan fingerprint density at radius 1 is 1.27 bits per heavy atom. The van der Waals surface area contributed by atoms with Gasteiger partial charge in [0.15, 0.2) is 0 Å². The SMILES string of the molecule is Cc1ccc(B(O)O)cc1NC(=O)c1cnc2ccccn12. The number of imidazole rings is 1. The van der Waals surface area contributed by atoms with E-state index in [-0.39, 0.29) is 5.91 Å². The van der Waals surface area contributed by atoms with Crippen LogP contribution in [0.4, 0.5) is 5.69 Å². The van der Waals surface area contributed by atoms with E-state index in [2.05, 4.69) is 10.3 Å². The van der Waals surface area contributed by atoms with Crippen molar-refractivity contribution < 1.29 is 14.8 Å². The van der Waals surface area contributed by atoms with Crippen LogP contribution in [0.5, 0.6) is 0 Å². The molecule has 0 aliphatic rings. The molecule has 0 spiro atoms. The van der Waals surface area contributed by atoms with Crippen LogP contribution < -0.4 is 10.8 Å². The third-order valence-corrected chi connectivity index (χ3v) is 3.46. The highest BCUT2D eigenvalue weighted by atomic mass is 16.4. The van der Waals surface area contributed by atoms with Crippen LogP contribution in [0, 0.1) is 6.92 Å². The Morgan fingerprint density at radius 2 is 2.09 bits per heavy atom. The topological polar surface area (TPSA) is 86.9 Å².